The van der Waals surface area contributed by atoms with Gasteiger partial charge in [-0.2, -0.15) is 5.43 Å². The zero-order chi connectivity index (χ0) is 5.82. The quantitative estimate of drug-likeness (QED) is 0.422. The van der Waals surface area contributed by atoms with Crippen molar-refractivity contribution in [1.82, 2.24) is 16.0 Å². The van der Waals surface area contributed by atoms with Gasteiger partial charge in [-0.1, -0.05) is 0 Å². The number of hydrogen-bond donors (Lipinski definition) is 2. The molecule has 1 radical (unpaired) electrons. The van der Waals surface area contributed by atoms with Gasteiger partial charge in [-0.15, -0.1) is 0 Å². The summed E-state index contributed by atoms with van der Waals surface area (Å²) < 4.78 is 0. The van der Waals surface area contributed by atoms with Crippen molar-refractivity contribution < 1.29 is 4.79 Å². The zero-order valence-electron chi connectivity index (χ0n) is 4.09. The van der Waals surface area contributed by atoms with Crippen molar-refractivity contribution in [2.75, 3.05) is 6.67 Å². The van der Waals surface area contributed by atoms with Crippen LogP contribution in [-0.2, 0) is 4.79 Å². The second-order valence-electron chi connectivity index (χ2n) is 1.20. The lowest BCUT2D eigenvalue weighted by molar-refractivity contribution is 0.301. The Morgan fingerprint density at radius 3 is 3.38 bits per heavy atom. The summed E-state index contributed by atoms with van der Waals surface area (Å²) in [5.74, 6) is 0. The van der Waals surface area contributed by atoms with Crippen molar-refractivity contribution in [3.05, 3.63) is 0 Å². The van der Waals surface area contributed by atoms with Crippen LogP contribution < -0.4 is 10.9 Å². The monoisotopic (exact) mass is 113 g/mol. The molecule has 0 aliphatic carbocycles. The molecule has 0 saturated carbocycles. The molecule has 43 valence electrons. The molecule has 1 heterocycles. The Morgan fingerprint density at radius 2 is 2.88 bits per heavy atom. The maximum absolute atomic E-state index is 9.58. The number of carbonyl (C=O) groups excluding carboxylic acids is 1. The maximum Gasteiger partial charge on any atom is 0.330 e. The maximum atomic E-state index is 9.58. The average Bonchev–Trinajstić information content (AvgIpc) is 2.19. The van der Waals surface area contributed by atoms with Crippen LogP contribution in [0.4, 0.5) is 0 Å². The molecule has 1 aliphatic rings. The first-order chi connectivity index (χ1) is 3.93. The van der Waals surface area contributed by atoms with Crippen LogP contribution in [0.5, 0.6) is 0 Å². The number of hydrogen-bond acceptors (Lipinski definition) is 4. The van der Waals surface area contributed by atoms with Gasteiger partial charge in [-0.25, -0.2) is 10.5 Å². The van der Waals surface area contributed by atoms with E-state index in [9.17, 15) is 4.79 Å². The Labute approximate surface area is 46.3 Å². The lowest BCUT2D eigenvalue weighted by Crippen LogP contribution is -2.42. The van der Waals surface area contributed by atoms with Gasteiger partial charge in [-0.05, 0) is 0 Å². The first kappa shape index (κ1) is 5.04. The molecular weight excluding hydrogens is 108 g/mol. The van der Waals surface area contributed by atoms with E-state index in [1.807, 2.05) is 0 Å². The van der Waals surface area contributed by atoms with Crippen molar-refractivity contribution in [3.63, 3.8) is 0 Å². The Morgan fingerprint density at radius 1 is 2.00 bits per heavy atom. The Balaban J connectivity index is 2.25. The fourth-order valence-electron chi connectivity index (χ4n) is 0.398. The van der Waals surface area contributed by atoms with E-state index in [1.54, 1.807) is 0 Å². The van der Waals surface area contributed by atoms with Crippen molar-refractivity contribution in [1.29, 1.82) is 0 Å². The summed E-state index contributed by atoms with van der Waals surface area (Å²) in [4.78, 5) is 13.3. The van der Waals surface area contributed by atoms with Gasteiger partial charge < -0.3 is 0 Å². The van der Waals surface area contributed by atoms with Crippen LogP contribution in [0.2, 0.25) is 0 Å². The highest BCUT2D eigenvalue weighted by Gasteiger charge is 1.99. The molecule has 2 N–H and O–H groups in total. The molecule has 0 fully saturated rings. The summed E-state index contributed by atoms with van der Waals surface area (Å²) in [6, 6.07) is 0. The van der Waals surface area contributed by atoms with Crippen molar-refractivity contribution >= 4 is 12.7 Å². The van der Waals surface area contributed by atoms with Crippen LogP contribution in [0.3, 0.4) is 0 Å². The topological polar surface area (TPSA) is 56.7 Å². The molecular formula is C3H5N4O. The lowest BCUT2D eigenvalue weighted by atomic mass is 11.2. The van der Waals surface area contributed by atoms with Crippen LogP contribution in [0.15, 0.2) is 4.99 Å². The highest BCUT2D eigenvalue weighted by molar-refractivity contribution is 5.59. The standard InChI is InChI=1S/C3H5N4O/c8-3-6-7-2-4-1-5-7/h2,5H,1H2,(H,6,8). The number of hydrazine groups is 2. The van der Waals surface area contributed by atoms with Gasteiger partial charge in [0.25, 0.3) is 0 Å². The Hall–Kier alpha value is -1.10. The molecule has 0 bridgehead atoms. The van der Waals surface area contributed by atoms with Gasteiger partial charge in [0.15, 0.2) is 0 Å². The zero-order valence-corrected chi connectivity index (χ0v) is 4.09. The predicted octanol–water partition coefficient (Wildman–Crippen LogP) is -1.64. The van der Waals surface area contributed by atoms with Crippen LogP contribution in [-0.4, -0.2) is 24.5 Å². The van der Waals surface area contributed by atoms with E-state index >= 15 is 0 Å². The minimum atomic E-state index is 0.509. The fourth-order valence-corrected chi connectivity index (χ4v) is 0.398. The highest BCUT2D eigenvalue weighted by Crippen LogP contribution is 1.76. The normalized spacial score (nSPS) is 16.8. The minimum Gasteiger partial charge on any atom is -0.262 e. The lowest BCUT2D eigenvalue weighted by Gasteiger charge is -2.08. The summed E-state index contributed by atoms with van der Waals surface area (Å²) in [7, 11) is 0. The van der Waals surface area contributed by atoms with E-state index < -0.39 is 0 Å². The van der Waals surface area contributed by atoms with Crippen LogP contribution in [0, 0.1) is 0 Å². The van der Waals surface area contributed by atoms with Gasteiger partial charge in [0.2, 0.25) is 0 Å². The second kappa shape index (κ2) is 2.27. The molecule has 8 heavy (non-hydrogen) atoms. The van der Waals surface area contributed by atoms with Crippen LogP contribution in [0.1, 0.15) is 0 Å². The predicted molar refractivity (Wildman–Crippen MR) is 27.2 cm³/mol. The van der Waals surface area contributed by atoms with E-state index in [0.717, 1.165) is 0 Å². The number of nitrogens with one attached hydrogen (secondary N) is 2. The van der Waals surface area contributed by atoms with E-state index in [4.69, 9.17) is 0 Å². The highest BCUT2D eigenvalue weighted by atomic mass is 16.1. The Kier molecular flexibility index (Phi) is 1.43. The molecule has 5 nitrogen and oxygen atoms in total. The SMILES string of the molecule is O=[C]NN1C=NCN1. The molecule has 0 atom stereocenters. The fraction of sp³-hybridized carbons (Fsp3) is 0.333. The van der Waals surface area contributed by atoms with Crippen molar-refractivity contribution in [2.45, 2.75) is 0 Å². The molecule has 1 aliphatic heterocycles. The number of rotatable bonds is 2. The van der Waals surface area contributed by atoms with Crippen LogP contribution in [0.25, 0.3) is 0 Å². The smallest absolute Gasteiger partial charge is 0.262 e. The molecule has 0 saturated heterocycles. The average molecular weight is 113 g/mol. The molecule has 5 heteroatoms. The first-order valence-corrected chi connectivity index (χ1v) is 2.09. The van der Waals surface area contributed by atoms with Gasteiger partial charge in [0, 0.05) is 0 Å². The van der Waals surface area contributed by atoms with E-state index in [2.05, 4.69) is 15.8 Å². The third kappa shape index (κ3) is 0.941. The number of aliphatic imine (C=N–C) groups is 1. The van der Waals surface area contributed by atoms with Crippen LogP contribution >= 0.6 is 0 Å². The third-order valence-electron chi connectivity index (χ3n) is 0.696. The minimum absolute atomic E-state index is 0.509. The summed E-state index contributed by atoms with van der Waals surface area (Å²) in [6.45, 7) is 0.509. The van der Waals surface area contributed by atoms with E-state index in [-0.39, 0.29) is 0 Å². The summed E-state index contributed by atoms with van der Waals surface area (Å²) in [5.41, 5.74) is 4.91. The molecule has 0 spiro atoms. The first-order valence-electron chi connectivity index (χ1n) is 2.09. The third-order valence-corrected chi connectivity index (χ3v) is 0.696. The van der Waals surface area contributed by atoms with Gasteiger partial charge in [-0.3, -0.25) is 9.79 Å². The summed E-state index contributed by atoms with van der Waals surface area (Å²) >= 11 is 0. The molecule has 0 aromatic carbocycles. The molecule has 0 aromatic heterocycles. The number of amides is 1. The van der Waals surface area contributed by atoms with Gasteiger partial charge >= 0.3 is 6.41 Å². The molecule has 1 amide bonds. The van der Waals surface area contributed by atoms with Gasteiger partial charge in [0.05, 0.1) is 0 Å². The van der Waals surface area contributed by atoms with E-state index in [0.29, 0.717) is 6.67 Å². The summed E-state index contributed by atoms with van der Waals surface area (Å²) in [6.07, 6.45) is 2.94. The second-order valence-corrected chi connectivity index (χ2v) is 1.20. The molecule has 1 rings (SSSR count). The number of nitrogens with zero attached hydrogens (tertiary/aromatic N) is 2. The molecule has 0 aromatic rings. The van der Waals surface area contributed by atoms with Crippen molar-refractivity contribution in [2.24, 2.45) is 4.99 Å². The van der Waals surface area contributed by atoms with Gasteiger partial charge in [0.1, 0.15) is 13.0 Å². The summed E-state index contributed by atoms with van der Waals surface area (Å²) in [5, 5.41) is 1.33. The Bertz CT molecular complexity index is 112. The largest absolute Gasteiger partial charge is 0.330 e. The van der Waals surface area contributed by atoms with E-state index in [1.165, 1.54) is 17.9 Å². The van der Waals surface area contributed by atoms with Crippen molar-refractivity contribution in [3.8, 4) is 0 Å². The molecule has 0 unspecified atom stereocenters.